The number of aryl methyl sites for hydroxylation is 6. The van der Waals surface area contributed by atoms with Crippen molar-refractivity contribution in [3.05, 3.63) is 505 Å². The van der Waals surface area contributed by atoms with Crippen molar-refractivity contribution in [2.45, 2.75) is 88.6 Å². The van der Waals surface area contributed by atoms with Crippen LogP contribution in [0.15, 0.2) is 451 Å². The molecule has 0 bridgehead atoms. The number of para-hydroxylation sites is 2. The number of nitrogens with one attached hydrogen (secondary N) is 4. The van der Waals surface area contributed by atoms with Crippen molar-refractivity contribution < 1.29 is 83.1 Å². The first-order chi connectivity index (χ1) is 67.1. The molecule has 2 heterocycles. The van der Waals surface area contributed by atoms with E-state index in [9.17, 15) is 43.2 Å². The van der Waals surface area contributed by atoms with Gasteiger partial charge in [-0.3, -0.25) is 0 Å². The molecule has 0 amide bonds. The SMILES string of the molecule is Cc1cc(C)c(S(=O)(=O)NC(Cc2c[nH]c3c(Br)cccc23)C(F)(F)F)c(C)c1.Cc1cc(C)c(S(=O)(=O)NC(Cc2c[nH]c3c(C#N)cccc23)C(F)(F)F)c(C)c1.[C-]#N.[C-]#N.[Pd].[Zn+2].c1ccc(P(c2ccccc2)c2ccccc2)cc1.c1ccc(P(c2ccccc2)c2ccccc2)cc1.c1ccc(P(c2ccccc2)c2ccccc2)cc1.c1ccc(P(c2ccccc2)c2ccccc2)cc1. The molecule has 0 saturated heterocycles. The van der Waals surface area contributed by atoms with Crippen LogP contribution in [0.5, 0.6) is 0 Å². The van der Waals surface area contributed by atoms with Gasteiger partial charge in [0.1, 0.15) is 18.2 Å². The molecule has 26 heteroatoms. The number of H-pyrrole nitrogens is 2. The van der Waals surface area contributed by atoms with Gasteiger partial charge >= 0.3 is 31.8 Å². The van der Waals surface area contributed by atoms with Gasteiger partial charge < -0.3 is 33.6 Å². The molecule has 2 atom stereocenters. The van der Waals surface area contributed by atoms with E-state index in [2.05, 4.69) is 390 Å². The van der Waals surface area contributed by atoms with Gasteiger partial charge in [-0.2, -0.15) is 41.0 Å². The summed E-state index contributed by atoms with van der Waals surface area (Å²) in [4.78, 5) is 5.50. The third-order valence-electron chi connectivity index (χ3n) is 21.8. The van der Waals surface area contributed by atoms with E-state index in [1.165, 1.54) is 76.0 Å². The Morgan fingerprint density at radius 1 is 0.319 bits per heavy atom. The fourth-order valence-electron chi connectivity index (χ4n) is 16.1. The first-order valence-corrected chi connectivity index (χ1v) is 53.1. The van der Waals surface area contributed by atoms with Crippen LogP contribution in [-0.2, 0) is 72.8 Å². The van der Waals surface area contributed by atoms with Crippen molar-refractivity contribution in [3.63, 3.8) is 0 Å². The van der Waals surface area contributed by atoms with E-state index in [1.807, 2.05) is 15.5 Å². The van der Waals surface area contributed by atoms with Crippen LogP contribution < -0.4 is 73.1 Å². The number of hydrogen-bond acceptors (Lipinski definition) is 7. The Morgan fingerprint density at radius 2 is 0.511 bits per heavy atom. The predicted octanol–water partition coefficient (Wildman–Crippen LogP) is 23.7. The largest absolute Gasteiger partial charge is 2.00 e. The minimum absolute atomic E-state index is 0. The summed E-state index contributed by atoms with van der Waals surface area (Å²) in [5.41, 5.74) is 5.28. The van der Waals surface area contributed by atoms with Crippen LogP contribution >= 0.6 is 47.6 Å². The summed E-state index contributed by atoms with van der Waals surface area (Å²) in [7, 11) is -10.6. The number of sulfonamides is 2. The van der Waals surface area contributed by atoms with Gasteiger partial charge in [0.25, 0.3) is 0 Å². The number of aromatic amines is 2. The molecule has 0 aliphatic carbocycles. The van der Waals surface area contributed by atoms with Crippen LogP contribution in [0.2, 0.25) is 0 Å². The van der Waals surface area contributed by atoms with Crippen molar-refractivity contribution >= 4 is 153 Å². The molecule has 2 unspecified atom stereocenters. The fourth-order valence-corrected chi connectivity index (χ4v) is 29.1. The minimum atomic E-state index is -4.81. The Bertz CT molecular complexity index is 6340. The molecular formula is C115H100BrF6N7O4P4PdS2Zn. The van der Waals surface area contributed by atoms with Crippen molar-refractivity contribution in [2.24, 2.45) is 0 Å². The monoisotopic (exact) mass is 2190 g/mol. The Morgan fingerprint density at radius 3 is 0.709 bits per heavy atom. The molecule has 2 aromatic heterocycles. The van der Waals surface area contributed by atoms with Crippen LogP contribution in [-0.4, -0.2) is 51.2 Å². The second-order valence-corrected chi connectivity index (χ2v) is 44.8. The molecule has 0 spiro atoms. The predicted molar refractivity (Wildman–Crippen MR) is 569 cm³/mol. The molecule has 16 aromatic carbocycles. The van der Waals surface area contributed by atoms with Gasteiger partial charge in [0.05, 0.1) is 26.4 Å². The molecule has 0 saturated carbocycles. The minimum Gasteiger partial charge on any atom is -0.512 e. The molecule has 4 N–H and O–H groups in total. The van der Waals surface area contributed by atoms with Crippen LogP contribution in [0.4, 0.5) is 26.3 Å². The molecular weight excluding hydrogens is 2100 g/mol. The molecule has 11 nitrogen and oxygen atoms in total. The Labute approximate surface area is 863 Å². The second-order valence-electron chi connectivity index (χ2n) is 31.8. The zero-order valence-corrected chi connectivity index (χ0v) is 89.2. The summed E-state index contributed by atoms with van der Waals surface area (Å²) in [6, 6.07) is 143. The third kappa shape index (κ3) is 31.5. The number of benzene rings is 16. The van der Waals surface area contributed by atoms with Crippen LogP contribution in [0.3, 0.4) is 0 Å². The van der Waals surface area contributed by atoms with Crippen molar-refractivity contribution in [1.29, 1.82) is 15.8 Å². The van der Waals surface area contributed by atoms with E-state index >= 15 is 0 Å². The van der Waals surface area contributed by atoms with Crippen molar-refractivity contribution in [2.75, 3.05) is 0 Å². The molecule has 0 fully saturated rings. The standard InChI is InChI=1S/C21H20F3N3O2S.C20H20BrF3N2O2S.4C18H15P.2CN.Pd.Zn/c1-12-7-13(2)20(14(3)8-12)30(28,29)27-18(21(22,23)24)9-16-11-26-19-15(10-25)5-4-6-17(16)19;1-11-7-12(2)19(13(3)8-11)29(27,28)26-17(20(22,23)24)9-14-10-25-18-15(14)5-4-6-16(18)21;4*1-4-10-16(11-5-1)19(17-12-6-2-7-13-17)18-14-8-3-9-15-18;2*1-2;;/h4-8,11,18,26-27H,9H2,1-3H3;4-8,10,17,25-26H,9H2,1-3H3;4*1-15H;;;;/q;;;;;;2*-1;;+2. The number of alkyl halides is 6. The fraction of sp³-hybridized carbons (Fsp3) is 0.104. The zero-order chi connectivity index (χ0) is 99.5. The van der Waals surface area contributed by atoms with E-state index in [0.29, 0.717) is 55.2 Å². The summed E-state index contributed by atoms with van der Waals surface area (Å²) in [5, 5.41) is 39.5. The number of rotatable bonds is 22. The topological polar surface area (TPSA) is 195 Å². The third-order valence-corrected chi connectivity index (χ3v) is 35.8. The van der Waals surface area contributed by atoms with Gasteiger partial charge in [-0.15, -0.1) is 0 Å². The molecule has 0 aliphatic rings. The van der Waals surface area contributed by atoms with Crippen LogP contribution in [0, 0.1) is 76.5 Å². The Kier molecular flexibility index (Phi) is 44.2. The number of nitriles is 1. The van der Waals surface area contributed by atoms with Gasteiger partial charge in [0.2, 0.25) is 20.0 Å². The number of fused-ring (bicyclic) bond motifs is 2. The smallest absolute Gasteiger partial charge is 0.512 e. The molecule has 712 valence electrons. The molecule has 0 radical (unpaired) electrons. The summed E-state index contributed by atoms with van der Waals surface area (Å²) >= 11 is 3.35. The zero-order valence-electron chi connectivity index (χ0n) is 77.9. The van der Waals surface area contributed by atoms with Crippen molar-refractivity contribution in [3.8, 4) is 6.07 Å². The maximum Gasteiger partial charge on any atom is 2.00 e. The first-order valence-electron chi connectivity index (χ1n) is 44.0. The molecule has 18 rings (SSSR count). The van der Waals surface area contributed by atoms with Gasteiger partial charge in [-0.25, -0.2) is 16.8 Å². The Hall–Kier alpha value is -12.0. The van der Waals surface area contributed by atoms with E-state index in [4.69, 9.17) is 28.9 Å². The van der Waals surface area contributed by atoms with E-state index in [0.717, 1.165) is 15.6 Å². The summed E-state index contributed by atoms with van der Waals surface area (Å²) in [5.74, 6) is 0. The number of hydrogen-bond donors (Lipinski definition) is 4. The quantitative estimate of drug-likeness (QED) is 0.0224. The molecule has 0 aliphatic heterocycles. The number of nitrogens with zero attached hydrogens (tertiary/aromatic N) is 3. The van der Waals surface area contributed by atoms with E-state index in [-0.39, 0.29) is 55.3 Å². The van der Waals surface area contributed by atoms with E-state index in [1.54, 1.807) is 102 Å². The Balaban J connectivity index is 0.000000189. The number of halogens is 7. The van der Waals surface area contributed by atoms with Gasteiger partial charge in [0.15, 0.2) is 0 Å². The average Bonchev–Trinajstić information content (AvgIpc) is 1.74. The summed E-state index contributed by atoms with van der Waals surface area (Å²) in [6.07, 6.45) is -7.85. The second kappa shape index (κ2) is 55.4. The normalized spacial score (nSPS) is 11.4. The number of aromatic nitrogens is 2. The average molecular weight is 2200 g/mol. The molecule has 18 aromatic rings. The van der Waals surface area contributed by atoms with Crippen LogP contribution in [0.25, 0.3) is 21.8 Å². The van der Waals surface area contributed by atoms with Gasteiger partial charge in [-0.1, -0.05) is 424 Å². The first kappa shape index (κ1) is 113. The maximum absolute atomic E-state index is 13.8. The van der Waals surface area contributed by atoms with Gasteiger partial charge in [0, 0.05) is 48.1 Å². The molecule has 141 heavy (non-hydrogen) atoms. The van der Waals surface area contributed by atoms with Gasteiger partial charge in [-0.05, 0) is 211 Å². The summed E-state index contributed by atoms with van der Waals surface area (Å²) in [6.45, 7) is 19.4. The maximum atomic E-state index is 13.8. The van der Waals surface area contributed by atoms with E-state index < -0.39 is 89.0 Å². The summed E-state index contributed by atoms with van der Waals surface area (Å²) < 4.78 is 139. The van der Waals surface area contributed by atoms with Crippen molar-refractivity contribution in [1.82, 2.24) is 19.4 Å². The van der Waals surface area contributed by atoms with Crippen LogP contribution in [0.1, 0.15) is 50.1 Å².